The molecule has 4 atom stereocenters. The van der Waals surface area contributed by atoms with Crippen LogP contribution >= 0.6 is 0 Å². The van der Waals surface area contributed by atoms with Gasteiger partial charge in [-0.15, -0.1) is 0 Å². The first-order valence-corrected chi connectivity index (χ1v) is 5.51. The van der Waals surface area contributed by atoms with Crippen molar-refractivity contribution in [3.05, 3.63) is 12.2 Å². The summed E-state index contributed by atoms with van der Waals surface area (Å²) in [5, 5.41) is 0. The van der Waals surface area contributed by atoms with E-state index in [-0.39, 0.29) is 35.1 Å². The smallest absolute Gasteiger partial charge is 0.318 e. The Kier molecular flexibility index (Phi) is 1.53. The van der Waals surface area contributed by atoms with Gasteiger partial charge >= 0.3 is 11.9 Å². The van der Waals surface area contributed by atoms with Crippen LogP contribution in [0.4, 0.5) is 0 Å². The molecule has 0 radical (unpaired) electrons. The molecular weight excluding hydrogens is 192 g/mol. The molecule has 0 aromatic heterocycles. The lowest BCUT2D eigenvalue weighted by Crippen LogP contribution is -2.35. The van der Waals surface area contributed by atoms with E-state index in [0.29, 0.717) is 5.92 Å². The lowest BCUT2D eigenvalue weighted by molar-refractivity contribution is -0.155. The summed E-state index contributed by atoms with van der Waals surface area (Å²) < 4.78 is 4.77. The van der Waals surface area contributed by atoms with E-state index < -0.39 is 0 Å². The highest BCUT2D eigenvalue weighted by molar-refractivity contribution is 5.98. The lowest BCUT2D eigenvalue weighted by atomic mass is 9.68. The van der Waals surface area contributed by atoms with Gasteiger partial charge in [-0.05, 0) is 18.3 Å². The number of ether oxygens (including phenoxy) is 1. The maximum atomic E-state index is 11.7. The van der Waals surface area contributed by atoms with Gasteiger partial charge in [-0.25, -0.2) is 0 Å². The van der Waals surface area contributed by atoms with Crippen LogP contribution < -0.4 is 0 Å². The number of carbonyl (C=O) groups is 2. The second-order valence-electron chi connectivity index (χ2n) is 5.24. The third-order valence-corrected chi connectivity index (χ3v) is 4.44. The molecule has 1 saturated heterocycles. The van der Waals surface area contributed by atoms with Crippen LogP contribution in [0.15, 0.2) is 12.2 Å². The summed E-state index contributed by atoms with van der Waals surface area (Å²) in [6.07, 6.45) is 5.19. The van der Waals surface area contributed by atoms with Gasteiger partial charge in [0.1, 0.15) is 0 Å². The van der Waals surface area contributed by atoms with E-state index in [1.807, 2.05) is 0 Å². The molecule has 80 valence electrons. The Morgan fingerprint density at radius 2 is 2.13 bits per heavy atom. The molecule has 3 heteroatoms. The minimum atomic E-state index is -0.304. The van der Waals surface area contributed by atoms with Gasteiger partial charge in [-0.2, -0.15) is 0 Å². The van der Waals surface area contributed by atoms with Crippen molar-refractivity contribution in [1.29, 1.82) is 0 Å². The van der Waals surface area contributed by atoms with E-state index in [1.165, 1.54) is 0 Å². The third-order valence-electron chi connectivity index (χ3n) is 4.44. The summed E-state index contributed by atoms with van der Waals surface area (Å²) in [5.74, 6) is -0.388. The van der Waals surface area contributed by atoms with Crippen molar-refractivity contribution in [3.63, 3.8) is 0 Å². The Morgan fingerprint density at radius 3 is 2.80 bits per heavy atom. The van der Waals surface area contributed by atoms with Crippen molar-refractivity contribution in [2.75, 3.05) is 0 Å². The summed E-state index contributed by atoms with van der Waals surface area (Å²) in [4.78, 5) is 23.2. The number of rotatable bonds is 1. The fraction of sp³-hybridized carbons (Fsp3) is 0.667. The van der Waals surface area contributed by atoms with E-state index in [0.717, 1.165) is 6.42 Å². The summed E-state index contributed by atoms with van der Waals surface area (Å²) in [6, 6.07) is 0. The molecule has 0 spiro atoms. The molecule has 3 nitrogen and oxygen atoms in total. The standard InChI is InChI=1S/C12H14O3/c1-6(2)12-4-3-7(5-12)8-9(12)11(14)15-10(8)13/h3-4,6-9H,5H2,1-2H3. The average molecular weight is 206 g/mol. The van der Waals surface area contributed by atoms with E-state index in [1.54, 1.807) is 0 Å². The predicted octanol–water partition coefficient (Wildman–Crippen LogP) is 1.53. The summed E-state index contributed by atoms with van der Waals surface area (Å²) in [5.41, 5.74) is -0.113. The molecule has 2 fully saturated rings. The summed E-state index contributed by atoms with van der Waals surface area (Å²) in [6.45, 7) is 4.23. The fourth-order valence-corrected chi connectivity index (χ4v) is 3.60. The first kappa shape index (κ1) is 9.13. The van der Waals surface area contributed by atoms with Crippen molar-refractivity contribution >= 4 is 11.9 Å². The molecule has 15 heavy (non-hydrogen) atoms. The largest absolute Gasteiger partial charge is 0.393 e. The minimum absolute atomic E-state index is 0.113. The van der Waals surface area contributed by atoms with Gasteiger partial charge in [0, 0.05) is 5.41 Å². The first-order chi connectivity index (χ1) is 7.06. The van der Waals surface area contributed by atoms with Crippen LogP contribution in [-0.4, -0.2) is 11.9 Å². The van der Waals surface area contributed by atoms with Crippen LogP contribution in [0.5, 0.6) is 0 Å². The highest BCUT2D eigenvalue weighted by atomic mass is 16.6. The normalized spacial score (nSPS) is 46.5. The second-order valence-corrected chi connectivity index (χ2v) is 5.24. The zero-order chi connectivity index (χ0) is 10.8. The summed E-state index contributed by atoms with van der Waals surface area (Å²) >= 11 is 0. The maximum Gasteiger partial charge on any atom is 0.318 e. The van der Waals surface area contributed by atoms with Crippen molar-refractivity contribution in [3.8, 4) is 0 Å². The van der Waals surface area contributed by atoms with Crippen molar-refractivity contribution in [1.82, 2.24) is 0 Å². The van der Waals surface area contributed by atoms with Crippen LogP contribution in [0, 0.1) is 29.1 Å². The van der Waals surface area contributed by atoms with Gasteiger partial charge in [-0.1, -0.05) is 26.0 Å². The number of cyclic esters (lactones) is 2. The topological polar surface area (TPSA) is 43.4 Å². The number of carbonyl (C=O) groups excluding carboxylic acids is 2. The predicted molar refractivity (Wildman–Crippen MR) is 52.6 cm³/mol. The zero-order valence-corrected chi connectivity index (χ0v) is 8.90. The molecule has 1 saturated carbocycles. The molecule has 0 aromatic carbocycles. The van der Waals surface area contributed by atoms with Crippen LogP contribution in [0.3, 0.4) is 0 Å². The third kappa shape index (κ3) is 0.869. The summed E-state index contributed by atoms with van der Waals surface area (Å²) in [7, 11) is 0. The number of hydrogen-bond donors (Lipinski definition) is 0. The van der Waals surface area contributed by atoms with E-state index in [4.69, 9.17) is 4.74 Å². The van der Waals surface area contributed by atoms with Crippen LogP contribution in [0.1, 0.15) is 20.3 Å². The van der Waals surface area contributed by atoms with Crippen LogP contribution in [-0.2, 0) is 14.3 Å². The van der Waals surface area contributed by atoms with Gasteiger partial charge in [-0.3, -0.25) is 9.59 Å². The fourth-order valence-electron chi connectivity index (χ4n) is 3.60. The second kappa shape index (κ2) is 2.52. The van der Waals surface area contributed by atoms with E-state index >= 15 is 0 Å². The van der Waals surface area contributed by atoms with E-state index in [9.17, 15) is 9.59 Å². The Hall–Kier alpha value is -1.12. The van der Waals surface area contributed by atoms with Gasteiger partial charge in [0.25, 0.3) is 0 Å². The Labute approximate surface area is 88.5 Å². The lowest BCUT2D eigenvalue weighted by Gasteiger charge is -2.33. The van der Waals surface area contributed by atoms with Crippen molar-refractivity contribution in [2.24, 2.45) is 29.1 Å². The van der Waals surface area contributed by atoms with Gasteiger partial charge in [0.15, 0.2) is 0 Å². The zero-order valence-electron chi connectivity index (χ0n) is 8.90. The van der Waals surface area contributed by atoms with Gasteiger partial charge in [0.05, 0.1) is 11.8 Å². The average Bonchev–Trinajstić information content (AvgIpc) is 2.78. The minimum Gasteiger partial charge on any atom is -0.393 e. The SMILES string of the molecule is CC(C)C12C=CC(C1)C1C(=O)OC(=O)C12. The molecule has 1 heterocycles. The maximum absolute atomic E-state index is 11.7. The molecule has 0 amide bonds. The molecule has 2 bridgehead atoms. The monoisotopic (exact) mass is 206 g/mol. The molecule has 1 aliphatic heterocycles. The van der Waals surface area contributed by atoms with Crippen molar-refractivity contribution in [2.45, 2.75) is 20.3 Å². The number of fused-ring (bicyclic) bond motifs is 5. The molecule has 4 unspecified atom stereocenters. The van der Waals surface area contributed by atoms with Crippen LogP contribution in [0.2, 0.25) is 0 Å². The van der Waals surface area contributed by atoms with Gasteiger partial charge in [0.2, 0.25) is 0 Å². The van der Waals surface area contributed by atoms with Crippen molar-refractivity contribution < 1.29 is 14.3 Å². The first-order valence-electron chi connectivity index (χ1n) is 5.51. The Morgan fingerprint density at radius 1 is 1.40 bits per heavy atom. The number of hydrogen-bond acceptors (Lipinski definition) is 3. The molecule has 3 rings (SSSR count). The number of allylic oxidation sites excluding steroid dienone is 2. The molecule has 2 aliphatic carbocycles. The highest BCUT2D eigenvalue weighted by Gasteiger charge is 2.65. The van der Waals surface area contributed by atoms with Crippen LogP contribution in [0.25, 0.3) is 0 Å². The Balaban J connectivity index is 2.11. The van der Waals surface area contributed by atoms with Gasteiger partial charge < -0.3 is 4.74 Å². The molecule has 0 N–H and O–H groups in total. The molecule has 3 aliphatic rings. The molecular formula is C12H14O3. The quantitative estimate of drug-likeness (QED) is 0.371. The molecule has 0 aromatic rings. The Bertz CT molecular complexity index is 382. The number of esters is 2. The highest BCUT2D eigenvalue weighted by Crippen LogP contribution is 2.62. The van der Waals surface area contributed by atoms with E-state index in [2.05, 4.69) is 26.0 Å².